The van der Waals surface area contributed by atoms with Crippen molar-refractivity contribution in [3.63, 3.8) is 0 Å². The average molecular weight is 487 g/mol. The number of halogens is 4. The molecule has 1 saturated carbocycles. The van der Waals surface area contributed by atoms with Gasteiger partial charge < -0.3 is 19.9 Å². The van der Waals surface area contributed by atoms with E-state index in [1.165, 1.54) is 6.07 Å². The molecule has 5 rings (SSSR count). The summed E-state index contributed by atoms with van der Waals surface area (Å²) in [7, 11) is 0. The summed E-state index contributed by atoms with van der Waals surface area (Å²) < 4.78 is 70.2. The lowest BCUT2D eigenvalue weighted by atomic mass is 10.0. The van der Waals surface area contributed by atoms with Crippen molar-refractivity contribution in [2.75, 3.05) is 18.0 Å². The van der Waals surface area contributed by atoms with Gasteiger partial charge in [0.25, 0.3) is 5.92 Å². The van der Waals surface area contributed by atoms with Gasteiger partial charge in [-0.25, -0.2) is 17.6 Å². The van der Waals surface area contributed by atoms with E-state index in [1.54, 1.807) is 29.2 Å². The first-order valence-electron chi connectivity index (χ1n) is 11.5. The van der Waals surface area contributed by atoms with Crippen LogP contribution >= 0.6 is 0 Å². The number of nitrogens with zero attached hydrogens (tertiary/aromatic N) is 2. The molecule has 9 heteroatoms. The molecular formula is C26H25F4N3O2. The second-order valence-electron chi connectivity index (χ2n) is 9.09. The van der Waals surface area contributed by atoms with Crippen molar-refractivity contribution in [1.29, 1.82) is 0 Å². The number of nitrogens with two attached hydrogens (primary N) is 1. The Morgan fingerprint density at radius 3 is 2.40 bits per heavy atom. The average Bonchev–Trinajstić information content (AvgIpc) is 3.58. The van der Waals surface area contributed by atoms with Crippen LogP contribution in [0.4, 0.5) is 23.2 Å². The summed E-state index contributed by atoms with van der Waals surface area (Å²) in [5.74, 6) is -4.24. The fourth-order valence-corrected chi connectivity index (χ4v) is 4.46. The molecule has 1 aliphatic carbocycles. The molecule has 1 aromatic heterocycles. The van der Waals surface area contributed by atoms with Gasteiger partial charge in [0.1, 0.15) is 29.2 Å². The van der Waals surface area contributed by atoms with Gasteiger partial charge in [-0.05, 0) is 49.1 Å². The van der Waals surface area contributed by atoms with E-state index in [0.717, 1.165) is 30.5 Å². The van der Waals surface area contributed by atoms with Crippen LogP contribution in [0.1, 0.15) is 42.1 Å². The number of benzene rings is 2. The van der Waals surface area contributed by atoms with Gasteiger partial charge in [-0.15, -0.1) is 0 Å². The lowest BCUT2D eigenvalue weighted by Gasteiger charge is -2.39. The van der Waals surface area contributed by atoms with Crippen molar-refractivity contribution in [2.45, 2.75) is 43.8 Å². The Balaban J connectivity index is 1.33. The monoisotopic (exact) mass is 487 g/mol. The molecular weight excluding hydrogens is 462 g/mol. The molecule has 1 unspecified atom stereocenters. The van der Waals surface area contributed by atoms with E-state index < -0.39 is 30.2 Å². The maximum atomic E-state index is 15.1. The summed E-state index contributed by atoms with van der Waals surface area (Å²) in [6.07, 6.45) is 0.395. The molecule has 1 saturated heterocycles. The van der Waals surface area contributed by atoms with E-state index >= 15 is 8.78 Å². The molecule has 2 N–H and O–H groups in total. The van der Waals surface area contributed by atoms with Crippen molar-refractivity contribution in [1.82, 2.24) is 5.16 Å². The first kappa shape index (κ1) is 23.4. The van der Waals surface area contributed by atoms with Crippen LogP contribution in [0.15, 0.2) is 53.6 Å². The van der Waals surface area contributed by atoms with Crippen molar-refractivity contribution in [2.24, 2.45) is 5.73 Å². The Labute approximate surface area is 200 Å². The van der Waals surface area contributed by atoms with Gasteiger partial charge in [0.05, 0.1) is 18.7 Å². The van der Waals surface area contributed by atoms with Gasteiger partial charge in [-0.2, -0.15) is 0 Å². The Kier molecular flexibility index (Phi) is 6.04. The third kappa shape index (κ3) is 4.65. The Morgan fingerprint density at radius 2 is 1.80 bits per heavy atom. The molecule has 1 aliphatic heterocycles. The van der Waals surface area contributed by atoms with Crippen LogP contribution in [0.3, 0.4) is 0 Å². The molecule has 2 aromatic carbocycles. The fraction of sp³-hybridized carbons (Fsp3) is 0.346. The summed E-state index contributed by atoms with van der Waals surface area (Å²) in [6.45, 7) is 3.24. The van der Waals surface area contributed by atoms with Crippen LogP contribution in [0.2, 0.25) is 0 Å². The van der Waals surface area contributed by atoms with E-state index in [2.05, 4.69) is 11.7 Å². The predicted octanol–water partition coefficient (Wildman–Crippen LogP) is 5.86. The van der Waals surface area contributed by atoms with E-state index in [-0.39, 0.29) is 30.2 Å². The molecule has 1 atom stereocenters. The lowest BCUT2D eigenvalue weighted by molar-refractivity contribution is -0.148. The van der Waals surface area contributed by atoms with Crippen molar-refractivity contribution < 1.29 is 26.8 Å². The van der Waals surface area contributed by atoms with Crippen molar-refractivity contribution in [3.8, 4) is 11.3 Å². The molecule has 184 valence electrons. The van der Waals surface area contributed by atoms with Crippen LogP contribution in [0.5, 0.6) is 0 Å². The van der Waals surface area contributed by atoms with Gasteiger partial charge in [0.15, 0.2) is 0 Å². The topological polar surface area (TPSA) is 64.5 Å². The molecule has 2 heterocycles. The number of ether oxygens (including phenoxy) is 1. The molecule has 5 nitrogen and oxygen atoms in total. The van der Waals surface area contributed by atoms with E-state index in [4.69, 9.17) is 15.0 Å². The number of hydrogen-bond acceptors (Lipinski definition) is 5. The zero-order chi connectivity index (χ0) is 24.7. The lowest BCUT2D eigenvalue weighted by Crippen LogP contribution is -2.52. The molecule has 0 amide bonds. The van der Waals surface area contributed by atoms with E-state index in [9.17, 15) is 8.78 Å². The smallest absolute Gasteiger partial charge is 0.290 e. The highest BCUT2D eigenvalue weighted by molar-refractivity contribution is 5.65. The molecule has 35 heavy (non-hydrogen) atoms. The minimum Gasteiger partial charge on any atom is -0.399 e. The predicted molar refractivity (Wildman–Crippen MR) is 124 cm³/mol. The summed E-state index contributed by atoms with van der Waals surface area (Å²) in [6, 6.07) is 10.4. The summed E-state index contributed by atoms with van der Waals surface area (Å²) in [5, 5.41) is 3.89. The molecule has 0 bridgehead atoms. The van der Waals surface area contributed by atoms with Crippen LogP contribution in [-0.2, 0) is 11.3 Å². The Morgan fingerprint density at radius 1 is 1.11 bits per heavy atom. The SMILES string of the molecule is C=C(N)c1ccc(N2CCC(OCc3c(-c4c(F)cccc4F)noc3C3CC3)C(F)(F)C2)cc1. The van der Waals surface area contributed by atoms with Crippen LogP contribution in [0.25, 0.3) is 17.0 Å². The molecule has 0 spiro atoms. The first-order chi connectivity index (χ1) is 16.7. The van der Waals surface area contributed by atoms with Gasteiger partial charge in [-0.3, -0.25) is 0 Å². The fourth-order valence-electron chi connectivity index (χ4n) is 4.46. The second kappa shape index (κ2) is 9.03. The highest BCUT2D eigenvalue weighted by Crippen LogP contribution is 2.45. The van der Waals surface area contributed by atoms with E-state index in [1.807, 2.05) is 0 Å². The van der Waals surface area contributed by atoms with Crippen LogP contribution in [-0.4, -0.2) is 30.3 Å². The second-order valence-corrected chi connectivity index (χ2v) is 9.09. The number of alkyl halides is 2. The number of aromatic nitrogens is 1. The molecule has 2 fully saturated rings. The number of piperidine rings is 1. The minimum absolute atomic E-state index is 0.0372. The zero-order valence-electron chi connectivity index (χ0n) is 18.9. The Hall–Kier alpha value is -3.33. The first-order valence-corrected chi connectivity index (χ1v) is 11.5. The number of anilines is 1. The summed E-state index contributed by atoms with van der Waals surface area (Å²) in [4.78, 5) is 1.60. The maximum Gasteiger partial charge on any atom is 0.290 e. The minimum atomic E-state index is -3.14. The van der Waals surface area contributed by atoms with Crippen LogP contribution < -0.4 is 10.6 Å². The van der Waals surface area contributed by atoms with Crippen molar-refractivity contribution in [3.05, 3.63) is 77.6 Å². The van der Waals surface area contributed by atoms with Crippen LogP contribution in [0, 0.1) is 11.6 Å². The number of rotatable bonds is 7. The number of hydrogen-bond donors (Lipinski definition) is 1. The highest BCUT2D eigenvalue weighted by atomic mass is 19.3. The standard InChI is InChI=1S/C26H25F4N3O2/c1-15(31)16-7-9-18(10-8-16)33-12-11-22(26(29,30)14-33)34-13-19-24(32-35-25(19)17-5-6-17)23-20(27)3-2-4-21(23)28/h2-4,7-10,17,22H,1,5-6,11-14,31H2. The van der Waals surface area contributed by atoms with Gasteiger partial charge in [-0.1, -0.05) is 29.9 Å². The quantitative estimate of drug-likeness (QED) is 0.423. The van der Waals surface area contributed by atoms with Crippen molar-refractivity contribution >= 4 is 11.4 Å². The van der Waals surface area contributed by atoms with Gasteiger partial charge in [0.2, 0.25) is 0 Å². The summed E-state index contributed by atoms with van der Waals surface area (Å²) in [5.41, 5.74) is 7.42. The van der Waals surface area contributed by atoms with E-state index in [0.29, 0.717) is 29.3 Å². The highest BCUT2D eigenvalue weighted by Gasteiger charge is 2.46. The molecule has 2 aliphatic rings. The van der Waals surface area contributed by atoms with Gasteiger partial charge in [0, 0.05) is 29.4 Å². The van der Waals surface area contributed by atoms with Gasteiger partial charge >= 0.3 is 0 Å². The summed E-state index contributed by atoms with van der Waals surface area (Å²) >= 11 is 0. The maximum absolute atomic E-state index is 15.1. The normalized spacial score (nSPS) is 19.7. The zero-order valence-corrected chi connectivity index (χ0v) is 18.9. The largest absolute Gasteiger partial charge is 0.399 e. The molecule has 3 aromatic rings. The third-order valence-corrected chi connectivity index (χ3v) is 6.53. The molecule has 0 radical (unpaired) electrons. The Bertz CT molecular complexity index is 1220. The third-order valence-electron chi connectivity index (χ3n) is 6.53.